The molecule has 0 aliphatic heterocycles. The molecule has 0 spiro atoms. The maximum atomic E-state index is 13.3. The molecule has 0 bridgehead atoms. The average molecular weight is 789 g/mol. The molecule has 0 radical (unpaired) electrons. The molecule has 8 atom stereocenters. The minimum absolute atomic E-state index is 0.0591. The summed E-state index contributed by atoms with van der Waals surface area (Å²) in [5.74, 6) is -0.568. The standard InChI is InChI=1S/C34H40Cl6O8/c1-5-7-17-9-15(3)19(17)13-45-31(41)25-27(39)21(35)11-23(37)29(25)47-33(43)34(44)48-30-24(38)12-22(36)28(40)26(30)32(42)46-14-20-16(4)10-18(20)8-6-2/h11-12,15-20,33-34,43-44H,5-10,13-14H2,1-4H3. The lowest BCUT2D eigenvalue weighted by molar-refractivity contribution is -0.181. The lowest BCUT2D eigenvalue weighted by Gasteiger charge is -2.42. The number of benzene rings is 2. The topological polar surface area (TPSA) is 112 Å². The van der Waals surface area contributed by atoms with Crippen molar-refractivity contribution in [2.75, 3.05) is 13.2 Å². The van der Waals surface area contributed by atoms with E-state index in [1.807, 2.05) is 0 Å². The first-order chi connectivity index (χ1) is 22.7. The normalized spacial score (nSPS) is 24.6. The van der Waals surface area contributed by atoms with Gasteiger partial charge in [-0.05, 0) is 60.5 Å². The van der Waals surface area contributed by atoms with E-state index < -0.39 is 36.0 Å². The third-order valence-electron chi connectivity index (χ3n) is 9.54. The predicted octanol–water partition coefficient (Wildman–Crippen LogP) is 10.2. The number of carbonyl (C=O) groups is 2. The second-order valence-corrected chi connectivity index (χ2v) is 15.2. The Kier molecular flexibility index (Phi) is 14.2. The van der Waals surface area contributed by atoms with E-state index in [0.29, 0.717) is 23.7 Å². The number of hydrogen-bond donors (Lipinski definition) is 2. The summed E-state index contributed by atoms with van der Waals surface area (Å²) in [5.41, 5.74) is -0.689. The van der Waals surface area contributed by atoms with Gasteiger partial charge < -0.3 is 29.2 Å². The zero-order chi connectivity index (χ0) is 35.4. The summed E-state index contributed by atoms with van der Waals surface area (Å²) in [5, 5.41) is 20.8. The average Bonchev–Trinajstić information content (AvgIpc) is 3.02. The summed E-state index contributed by atoms with van der Waals surface area (Å²) in [7, 11) is 0. The summed E-state index contributed by atoms with van der Waals surface area (Å²) >= 11 is 38.0. The molecule has 0 amide bonds. The van der Waals surface area contributed by atoms with Gasteiger partial charge in [-0.25, -0.2) is 9.59 Å². The van der Waals surface area contributed by atoms with Crippen molar-refractivity contribution in [2.45, 2.75) is 78.8 Å². The molecule has 2 aliphatic rings. The predicted molar refractivity (Wildman–Crippen MR) is 188 cm³/mol. The summed E-state index contributed by atoms with van der Waals surface area (Å²) in [6.07, 6.45) is 1.80. The number of aliphatic hydroxyl groups excluding tert-OH is 2. The quantitative estimate of drug-likeness (QED) is 0.104. The second kappa shape index (κ2) is 17.2. The Morgan fingerprint density at radius 2 is 1.04 bits per heavy atom. The van der Waals surface area contributed by atoms with Crippen LogP contribution in [0.2, 0.25) is 30.1 Å². The number of aliphatic hydroxyl groups is 2. The van der Waals surface area contributed by atoms with Crippen LogP contribution in [0, 0.1) is 35.5 Å². The van der Waals surface area contributed by atoms with Crippen LogP contribution in [0.4, 0.5) is 0 Å². The van der Waals surface area contributed by atoms with Crippen molar-refractivity contribution < 1.29 is 38.7 Å². The van der Waals surface area contributed by atoms with Crippen LogP contribution >= 0.6 is 69.6 Å². The smallest absolute Gasteiger partial charge is 0.343 e. The maximum Gasteiger partial charge on any atom is 0.343 e. The Morgan fingerprint density at radius 1 is 0.688 bits per heavy atom. The van der Waals surface area contributed by atoms with Crippen molar-refractivity contribution in [3.8, 4) is 11.5 Å². The third kappa shape index (κ3) is 8.74. The van der Waals surface area contributed by atoms with Crippen LogP contribution in [-0.2, 0) is 9.47 Å². The lowest BCUT2D eigenvalue weighted by atomic mass is 9.64. The summed E-state index contributed by atoms with van der Waals surface area (Å²) < 4.78 is 22.3. The molecule has 4 rings (SSSR count). The highest BCUT2D eigenvalue weighted by Gasteiger charge is 2.40. The molecule has 8 nitrogen and oxygen atoms in total. The van der Waals surface area contributed by atoms with Gasteiger partial charge >= 0.3 is 11.9 Å². The molecule has 0 heterocycles. The highest BCUT2D eigenvalue weighted by Crippen LogP contribution is 2.46. The van der Waals surface area contributed by atoms with Crippen molar-refractivity contribution in [3.63, 3.8) is 0 Å². The fourth-order valence-electron chi connectivity index (χ4n) is 6.80. The van der Waals surface area contributed by atoms with Crippen molar-refractivity contribution >= 4 is 81.5 Å². The largest absolute Gasteiger partial charge is 0.462 e. The first-order valence-corrected chi connectivity index (χ1v) is 18.3. The van der Waals surface area contributed by atoms with E-state index in [-0.39, 0.29) is 66.3 Å². The van der Waals surface area contributed by atoms with Crippen LogP contribution < -0.4 is 9.47 Å². The molecule has 2 saturated carbocycles. The van der Waals surface area contributed by atoms with Crippen molar-refractivity contribution in [2.24, 2.45) is 35.5 Å². The van der Waals surface area contributed by atoms with Crippen molar-refractivity contribution in [1.29, 1.82) is 0 Å². The van der Waals surface area contributed by atoms with Gasteiger partial charge in [-0.2, -0.15) is 0 Å². The molecule has 266 valence electrons. The first-order valence-electron chi connectivity index (χ1n) is 16.1. The van der Waals surface area contributed by atoms with E-state index in [9.17, 15) is 19.8 Å². The first kappa shape index (κ1) is 39.4. The minimum Gasteiger partial charge on any atom is -0.462 e. The van der Waals surface area contributed by atoms with Gasteiger partial charge in [0, 0.05) is 0 Å². The molecule has 14 heteroatoms. The van der Waals surface area contributed by atoms with Crippen LogP contribution in [0.1, 0.15) is 86.9 Å². The lowest BCUT2D eigenvalue weighted by Crippen LogP contribution is -2.39. The number of halogens is 6. The second-order valence-electron chi connectivity index (χ2n) is 12.8. The fourth-order valence-corrected chi connectivity index (χ4v) is 8.25. The zero-order valence-corrected chi connectivity index (χ0v) is 31.6. The van der Waals surface area contributed by atoms with E-state index in [0.717, 1.165) is 38.5 Å². The van der Waals surface area contributed by atoms with Crippen LogP contribution in [0.25, 0.3) is 0 Å². The Bertz CT molecular complexity index is 1380. The molecule has 2 N–H and O–H groups in total. The van der Waals surface area contributed by atoms with E-state index in [2.05, 4.69) is 27.7 Å². The molecule has 8 unspecified atom stereocenters. The molecule has 2 fully saturated rings. The molecule has 2 aromatic rings. The number of hydrogen-bond acceptors (Lipinski definition) is 8. The Balaban J connectivity index is 1.52. The molecule has 0 saturated heterocycles. The molecular weight excluding hydrogens is 749 g/mol. The zero-order valence-electron chi connectivity index (χ0n) is 27.0. The van der Waals surface area contributed by atoms with Crippen LogP contribution in [0.3, 0.4) is 0 Å². The van der Waals surface area contributed by atoms with Crippen LogP contribution in [0.15, 0.2) is 12.1 Å². The van der Waals surface area contributed by atoms with Gasteiger partial charge in [-0.1, -0.05) is 123 Å². The summed E-state index contributed by atoms with van der Waals surface area (Å²) in [6.45, 7) is 8.70. The maximum absolute atomic E-state index is 13.3. The van der Waals surface area contributed by atoms with Gasteiger partial charge in [0.25, 0.3) is 12.6 Å². The molecular formula is C34H40Cl6O8. The fraction of sp³-hybridized carbons (Fsp3) is 0.588. The summed E-state index contributed by atoms with van der Waals surface area (Å²) in [6, 6.07) is 2.42. The van der Waals surface area contributed by atoms with Gasteiger partial charge in [-0.15, -0.1) is 0 Å². The van der Waals surface area contributed by atoms with Gasteiger partial charge in [0.2, 0.25) is 0 Å². The van der Waals surface area contributed by atoms with E-state index in [1.54, 1.807) is 0 Å². The van der Waals surface area contributed by atoms with Gasteiger partial charge in [-0.3, -0.25) is 0 Å². The van der Waals surface area contributed by atoms with Gasteiger partial charge in [0.1, 0.15) is 11.1 Å². The van der Waals surface area contributed by atoms with Crippen molar-refractivity contribution in [3.05, 3.63) is 53.4 Å². The monoisotopic (exact) mass is 786 g/mol. The Hall–Kier alpha value is -1.36. The SMILES string of the molecule is CCCC1CC(C)C1COC(=O)c1c(Cl)c(Cl)cc(Cl)c1OC(O)C(O)Oc1c(Cl)cc(Cl)c(Cl)c1C(=O)OCC1C(C)CC1CCC. The number of rotatable bonds is 15. The van der Waals surface area contributed by atoms with E-state index >= 15 is 0 Å². The molecule has 2 aromatic carbocycles. The summed E-state index contributed by atoms with van der Waals surface area (Å²) in [4.78, 5) is 26.6. The number of esters is 2. The number of ether oxygens (including phenoxy) is 4. The number of carbonyl (C=O) groups excluding carboxylic acids is 2. The highest BCUT2D eigenvalue weighted by molar-refractivity contribution is 6.46. The van der Waals surface area contributed by atoms with Crippen molar-refractivity contribution in [1.82, 2.24) is 0 Å². The van der Waals surface area contributed by atoms with E-state index in [1.165, 1.54) is 12.1 Å². The molecule has 2 aliphatic carbocycles. The van der Waals surface area contributed by atoms with Crippen LogP contribution in [0.5, 0.6) is 11.5 Å². The Labute approximate surface area is 311 Å². The Morgan fingerprint density at radius 3 is 1.35 bits per heavy atom. The van der Waals surface area contributed by atoms with Crippen LogP contribution in [-0.4, -0.2) is 47.9 Å². The third-order valence-corrected chi connectivity index (χ3v) is 11.7. The van der Waals surface area contributed by atoms with E-state index in [4.69, 9.17) is 88.6 Å². The highest BCUT2D eigenvalue weighted by atomic mass is 35.5. The minimum atomic E-state index is -2.20. The molecule has 0 aromatic heterocycles. The molecule has 48 heavy (non-hydrogen) atoms. The van der Waals surface area contributed by atoms with Gasteiger partial charge in [0.05, 0.1) is 43.3 Å². The van der Waals surface area contributed by atoms with Gasteiger partial charge in [0.15, 0.2) is 11.5 Å².